The predicted octanol–water partition coefficient (Wildman–Crippen LogP) is 3.96. The zero-order valence-corrected chi connectivity index (χ0v) is 16.3. The Kier molecular flexibility index (Phi) is 5.70. The Labute approximate surface area is 174 Å². The van der Waals surface area contributed by atoms with Crippen molar-refractivity contribution in [2.45, 2.75) is 12.2 Å². The van der Waals surface area contributed by atoms with E-state index in [1.54, 1.807) is 12.1 Å². The van der Waals surface area contributed by atoms with E-state index in [-0.39, 0.29) is 12.4 Å². The maximum Gasteiger partial charge on any atom is 0.329 e. The Morgan fingerprint density at radius 3 is 2.30 bits per heavy atom. The second-order valence-corrected chi connectivity index (χ2v) is 7.23. The third kappa shape index (κ3) is 4.45. The Morgan fingerprint density at radius 2 is 1.67 bits per heavy atom. The monoisotopic (exact) mass is 406 g/mol. The molecule has 3 aromatic rings. The van der Waals surface area contributed by atoms with Gasteiger partial charge in [-0.15, -0.1) is 0 Å². The van der Waals surface area contributed by atoms with E-state index in [1.165, 1.54) is 0 Å². The highest BCUT2D eigenvalue weighted by molar-refractivity contribution is 5.68. The van der Waals surface area contributed by atoms with Crippen molar-refractivity contribution in [2.75, 3.05) is 19.8 Å². The molecule has 0 atom stereocenters. The number of ether oxygens (including phenoxy) is 3. The molecule has 1 fully saturated rings. The molecule has 0 spiro atoms. The minimum absolute atomic E-state index is 0.233. The van der Waals surface area contributed by atoms with Crippen LogP contribution in [0.3, 0.4) is 0 Å². The van der Waals surface area contributed by atoms with Gasteiger partial charge in [0, 0.05) is 0 Å². The van der Waals surface area contributed by atoms with Crippen LogP contribution in [0.4, 0.5) is 0 Å². The lowest BCUT2D eigenvalue weighted by Crippen LogP contribution is -2.49. The van der Waals surface area contributed by atoms with Gasteiger partial charge in [0.25, 0.3) is 0 Å². The maximum atomic E-state index is 10.8. The Bertz CT molecular complexity index is 1020. The van der Waals surface area contributed by atoms with Gasteiger partial charge in [-0.1, -0.05) is 42.5 Å². The molecule has 0 saturated carbocycles. The molecule has 1 saturated heterocycles. The Balaban J connectivity index is 1.41. The summed E-state index contributed by atoms with van der Waals surface area (Å²) >= 11 is 0. The molecule has 1 aliphatic rings. The van der Waals surface area contributed by atoms with Crippen LogP contribution >= 0.6 is 0 Å². The molecule has 0 bridgehead atoms. The quantitative estimate of drug-likeness (QED) is 0.589. The first-order chi connectivity index (χ1) is 14.5. The van der Waals surface area contributed by atoms with Gasteiger partial charge in [-0.3, -0.25) is 0 Å². The third-order valence-electron chi connectivity index (χ3n) is 5.03. The molecule has 0 radical (unpaired) electrons. The van der Waals surface area contributed by atoms with Crippen LogP contribution in [0, 0.1) is 0 Å². The van der Waals surface area contributed by atoms with Crippen LogP contribution < -0.4 is 4.74 Å². The number of benzene rings is 3. The number of carboxylic acids is 1. The maximum absolute atomic E-state index is 10.8. The number of hydrogen-bond acceptors (Lipinski definition) is 5. The minimum Gasteiger partial charge on any atom is -0.508 e. The number of rotatable bonds is 8. The van der Waals surface area contributed by atoms with Gasteiger partial charge in [0.1, 0.15) is 30.3 Å². The molecule has 4 rings (SSSR count). The van der Waals surface area contributed by atoms with Gasteiger partial charge >= 0.3 is 5.97 Å². The van der Waals surface area contributed by atoms with Gasteiger partial charge in [-0.05, 0) is 52.6 Å². The smallest absolute Gasteiger partial charge is 0.329 e. The predicted molar refractivity (Wildman–Crippen MR) is 110 cm³/mol. The summed E-state index contributed by atoms with van der Waals surface area (Å²) in [5.74, 6) is -0.0690. The van der Waals surface area contributed by atoms with E-state index >= 15 is 0 Å². The number of phenolic OH excluding ortho intramolecular Hbond substituents is 1. The first-order valence-electron chi connectivity index (χ1n) is 9.59. The Hall–Kier alpha value is -3.35. The largest absolute Gasteiger partial charge is 0.508 e. The molecule has 1 heterocycles. The summed E-state index contributed by atoms with van der Waals surface area (Å²) in [7, 11) is 0. The highest BCUT2D eigenvalue weighted by Gasteiger charge is 2.42. The van der Waals surface area contributed by atoms with E-state index in [1.807, 2.05) is 60.7 Å². The van der Waals surface area contributed by atoms with Gasteiger partial charge in [-0.2, -0.15) is 0 Å². The molecule has 154 valence electrons. The molecular formula is C24H22O6. The van der Waals surface area contributed by atoms with Gasteiger partial charge in [0.2, 0.25) is 0 Å². The van der Waals surface area contributed by atoms with Gasteiger partial charge in [0.15, 0.2) is 0 Å². The molecule has 6 nitrogen and oxygen atoms in total. The summed E-state index contributed by atoms with van der Waals surface area (Å²) in [6, 6.07) is 22.6. The SMILES string of the molecule is O=C(O)COC1(c2ccc(OCc3cccc(-c4cccc(O)c4)c3)cc2)COC1. The Morgan fingerprint density at radius 1 is 0.967 bits per heavy atom. The summed E-state index contributed by atoms with van der Waals surface area (Å²) in [5, 5.41) is 18.6. The van der Waals surface area contributed by atoms with Crippen LogP contribution in [-0.2, 0) is 26.5 Å². The van der Waals surface area contributed by atoms with Crippen molar-refractivity contribution in [3.63, 3.8) is 0 Å². The number of carbonyl (C=O) groups is 1. The van der Waals surface area contributed by atoms with E-state index in [2.05, 4.69) is 0 Å². The fourth-order valence-electron chi connectivity index (χ4n) is 3.37. The van der Waals surface area contributed by atoms with Crippen molar-refractivity contribution >= 4 is 5.97 Å². The first kappa shape index (κ1) is 19.9. The van der Waals surface area contributed by atoms with E-state index in [4.69, 9.17) is 19.3 Å². The number of phenols is 1. The van der Waals surface area contributed by atoms with Crippen molar-refractivity contribution in [2.24, 2.45) is 0 Å². The lowest BCUT2D eigenvalue weighted by molar-refractivity contribution is -0.220. The van der Waals surface area contributed by atoms with E-state index < -0.39 is 11.6 Å². The molecule has 0 unspecified atom stereocenters. The molecule has 30 heavy (non-hydrogen) atoms. The molecule has 6 heteroatoms. The van der Waals surface area contributed by atoms with Crippen LogP contribution in [0.2, 0.25) is 0 Å². The molecule has 1 aliphatic heterocycles. The summed E-state index contributed by atoms with van der Waals surface area (Å²) < 4.78 is 16.7. The third-order valence-corrected chi connectivity index (χ3v) is 5.03. The zero-order valence-electron chi connectivity index (χ0n) is 16.3. The van der Waals surface area contributed by atoms with E-state index in [0.29, 0.717) is 25.6 Å². The van der Waals surface area contributed by atoms with Gasteiger partial charge in [-0.25, -0.2) is 4.79 Å². The fourth-order valence-corrected chi connectivity index (χ4v) is 3.37. The minimum atomic E-state index is -1.01. The second kappa shape index (κ2) is 8.57. The molecule has 0 amide bonds. The van der Waals surface area contributed by atoms with Crippen molar-refractivity contribution in [3.8, 4) is 22.6 Å². The van der Waals surface area contributed by atoms with E-state index in [0.717, 1.165) is 22.3 Å². The van der Waals surface area contributed by atoms with Gasteiger partial charge < -0.3 is 24.4 Å². The number of hydrogen-bond donors (Lipinski definition) is 2. The normalized spacial score (nSPS) is 14.7. The fraction of sp³-hybridized carbons (Fsp3) is 0.208. The van der Waals surface area contributed by atoms with Crippen molar-refractivity contribution in [1.29, 1.82) is 0 Å². The van der Waals surface area contributed by atoms with Crippen molar-refractivity contribution in [1.82, 2.24) is 0 Å². The highest BCUT2D eigenvalue weighted by Crippen LogP contribution is 2.34. The lowest BCUT2D eigenvalue weighted by Gasteiger charge is -2.41. The van der Waals surface area contributed by atoms with Gasteiger partial charge in [0.05, 0.1) is 13.2 Å². The second-order valence-electron chi connectivity index (χ2n) is 7.23. The van der Waals surface area contributed by atoms with Crippen LogP contribution in [0.1, 0.15) is 11.1 Å². The number of carboxylic acid groups (broad SMARTS) is 1. The van der Waals surface area contributed by atoms with Crippen LogP contribution in [0.15, 0.2) is 72.8 Å². The molecule has 3 aromatic carbocycles. The average molecular weight is 406 g/mol. The zero-order chi connectivity index (χ0) is 21.0. The van der Waals surface area contributed by atoms with Crippen LogP contribution in [0.5, 0.6) is 11.5 Å². The summed E-state index contributed by atoms with van der Waals surface area (Å²) in [6.45, 7) is 0.706. The van der Waals surface area contributed by atoms with E-state index in [9.17, 15) is 9.90 Å². The molecule has 2 N–H and O–H groups in total. The summed E-state index contributed by atoms with van der Waals surface area (Å²) in [6.07, 6.45) is 0. The molecule has 0 aliphatic carbocycles. The first-order valence-corrected chi connectivity index (χ1v) is 9.59. The number of aliphatic carboxylic acids is 1. The van der Waals surface area contributed by atoms with Crippen molar-refractivity contribution in [3.05, 3.63) is 83.9 Å². The topological polar surface area (TPSA) is 85.2 Å². The standard InChI is InChI=1S/C24H22O6/c25-21-6-2-5-19(12-21)18-4-1-3-17(11-18)13-29-22-9-7-20(8-10-22)24(15-28-16-24)30-14-23(26)27/h1-12,25H,13-16H2,(H,26,27). The number of aromatic hydroxyl groups is 1. The molecular weight excluding hydrogens is 384 g/mol. The summed E-state index contributed by atoms with van der Waals surface area (Å²) in [5.41, 5.74) is 3.12. The lowest BCUT2D eigenvalue weighted by atomic mass is 9.91. The van der Waals surface area contributed by atoms with Crippen LogP contribution in [0.25, 0.3) is 11.1 Å². The highest BCUT2D eigenvalue weighted by atomic mass is 16.6. The van der Waals surface area contributed by atoms with Crippen molar-refractivity contribution < 1.29 is 29.2 Å². The van der Waals surface area contributed by atoms with Crippen LogP contribution in [-0.4, -0.2) is 36.0 Å². The average Bonchev–Trinajstić information content (AvgIpc) is 2.72. The summed E-state index contributed by atoms with van der Waals surface area (Å²) in [4.78, 5) is 10.8. The molecule has 0 aromatic heterocycles.